The Kier molecular flexibility index (Phi) is 1.11. The lowest BCUT2D eigenvalue weighted by Gasteiger charge is -1.86. The van der Waals surface area contributed by atoms with Gasteiger partial charge < -0.3 is 4.57 Å². The molecule has 2 heteroatoms. The molecule has 1 rings (SSSR count). The topological polar surface area (TPSA) is 17.8 Å². The van der Waals surface area contributed by atoms with Gasteiger partial charge in [0.25, 0.3) is 0 Å². The van der Waals surface area contributed by atoms with Crippen LogP contribution in [0.1, 0.15) is 6.92 Å². The van der Waals surface area contributed by atoms with Gasteiger partial charge in [-0.2, -0.15) is 0 Å². The Labute approximate surface area is 42.8 Å². The van der Waals surface area contributed by atoms with E-state index in [-0.39, 0.29) is 0 Å². The van der Waals surface area contributed by atoms with Crippen LogP contribution in [0.25, 0.3) is 0 Å². The highest BCUT2D eigenvalue weighted by atomic mass is 15.0. The van der Waals surface area contributed by atoms with Crippen molar-refractivity contribution < 1.29 is 0 Å². The zero-order valence-corrected chi connectivity index (χ0v) is 4.18. The highest BCUT2D eigenvalue weighted by molar-refractivity contribution is 4.68. The minimum Gasteiger partial charge on any atom is -0.328 e. The molecule has 0 unspecified atom stereocenters. The summed E-state index contributed by atoms with van der Waals surface area (Å²) in [7, 11) is 0. The van der Waals surface area contributed by atoms with E-state index < -0.39 is 0 Å². The Bertz CT molecular complexity index is 121. The fourth-order valence-corrected chi connectivity index (χ4v) is 0.383. The van der Waals surface area contributed by atoms with Crippen molar-refractivity contribution in [2.24, 2.45) is 0 Å². The molecule has 0 aliphatic rings. The third-order valence-corrected chi connectivity index (χ3v) is 0.797. The molecule has 0 fully saturated rings. The predicted octanol–water partition coefficient (Wildman–Crippen LogP) is 0.503. The molecule has 0 aromatic carbocycles. The van der Waals surface area contributed by atoms with Crippen molar-refractivity contribution in [3.63, 3.8) is 0 Å². The lowest BCUT2D eigenvalue weighted by Crippen LogP contribution is -1.86. The zero-order valence-electron chi connectivity index (χ0n) is 4.18. The first-order valence-corrected chi connectivity index (χ1v) is 2.24. The summed E-state index contributed by atoms with van der Waals surface area (Å²) in [6, 6.07) is 0. The monoisotopic (exact) mass is 94.1 g/mol. The lowest BCUT2D eigenvalue weighted by atomic mass is 10.7. The Morgan fingerprint density at radius 3 is 3.00 bits per heavy atom. The van der Waals surface area contributed by atoms with Gasteiger partial charge in [0.15, 0.2) is 6.33 Å². The lowest BCUT2D eigenvalue weighted by molar-refractivity contribution is 0.754. The highest BCUT2D eigenvalue weighted by Crippen LogP contribution is 1.79. The van der Waals surface area contributed by atoms with Crippen LogP contribution in [0.15, 0.2) is 6.20 Å². The minimum atomic E-state index is 0.927. The van der Waals surface area contributed by atoms with Gasteiger partial charge in [-0.1, -0.05) is 0 Å². The van der Waals surface area contributed by atoms with E-state index in [2.05, 4.69) is 17.5 Å². The van der Waals surface area contributed by atoms with Gasteiger partial charge in [-0.25, -0.2) is 4.98 Å². The largest absolute Gasteiger partial charge is 0.328 e. The molecule has 0 aliphatic heterocycles. The van der Waals surface area contributed by atoms with E-state index in [0.29, 0.717) is 0 Å². The van der Waals surface area contributed by atoms with E-state index in [0.717, 1.165) is 6.54 Å². The van der Waals surface area contributed by atoms with Crippen molar-refractivity contribution in [3.05, 3.63) is 18.7 Å². The summed E-state index contributed by atoms with van der Waals surface area (Å²) in [6.07, 6.45) is 7.10. The molecule has 0 spiro atoms. The molecule has 2 radical (unpaired) electrons. The minimum absolute atomic E-state index is 0.927. The molecule has 2 nitrogen and oxygen atoms in total. The molecule has 7 heavy (non-hydrogen) atoms. The number of hydrogen-bond acceptors (Lipinski definition) is 1. The summed E-state index contributed by atoms with van der Waals surface area (Å²) in [5, 5.41) is 0. The van der Waals surface area contributed by atoms with Crippen LogP contribution in [0.5, 0.6) is 0 Å². The Morgan fingerprint density at radius 1 is 1.86 bits per heavy atom. The van der Waals surface area contributed by atoms with Crippen LogP contribution in [0.2, 0.25) is 0 Å². The molecule has 0 amide bonds. The van der Waals surface area contributed by atoms with Crippen molar-refractivity contribution in [1.82, 2.24) is 9.55 Å². The van der Waals surface area contributed by atoms with Crippen molar-refractivity contribution in [3.8, 4) is 0 Å². The molecular formula is C5H6N2. The quantitative estimate of drug-likeness (QED) is 0.495. The van der Waals surface area contributed by atoms with Gasteiger partial charge in [0.2, 0.25) is 0 Å². The smallest absolute Gasteiger partial charge is 0.177 e. The van der Waals surface area contributed by atoms with Crippen molar-refractivity contribution in [1.29, 1.82) is 0 Å². The van der Waals surface area contributed by atoms with Crippen LogP contribution in [0, 0.1) is 12.5 Å². The Hall–Kier alpha value is -0.790. The summed E-state index contributed by atoms with van der Waals surface area (Å²) in [5.74, 6) is 0. The molecule has 0 saturated heterocycles. The number of hydrogen-bond donors (Lipinski definition) is 0. The van der Waals surface area contributed by atoms with Crippen molar-refractivity contribution in [2.75, 3.05) is 0 Å². The molecule has 0 atom stereocenters. The molecule has 0 saturated carbocycles. The molecular weight excluding hydrogens is 88.1 g/mol. The maximum atomic E-state index is 3.61. The van der Waals surface area contributed by atoms with Crippen LogP contribution in [-0.4, -0.2) is 9.55 Å². The van der Waals surface area contributed by atoms with E-state index in [4.69, 9.17) is 0 Å². The average Bonchev–Trinajstić information content (AvgIpc) is 2.14. The van der Waals surface area contributed by atoms with E-state index in [1.807, 2.05) is 11.5 Å². The normalized spacial score (nSPS) is 9.29. The predicted molar refractivity (Wildman–Crippen MR) is 25.6 cm³/mol. The van der Waals surface area contributed by atoms with Crippen LogP contribution < -0.4 is 0 Å². The van der Waals surface area contributed by atoms with Crippen LogP contribution in [0.3, 0.4) is 0 Å². The Morgan fingerprint density at radius 2 is 2.71 bits per heavy atom. The van der Waals surface area contributed by atoms with Gasteiger partial charge in [-0.3, -0.25) is 0 Å². The van der Waals surface area contributed by atoms with Crippen LogP contribution in [0.4, 0.5) is 0 Å². The summed E-state index contributed by atoms with van der Waals surface area (Å²) in [4.78, 5) is 3.61. The first kappa shape index (κ1) is 4.37. The number of rotatable bonds is 1. The van der Waals surface area contributed by atoms with E-state index in [9.17, 15) is 0 Å². The third-order valence-electron chi connectivity index (χ3n) is 0.797. The molecule has 1 heterocycles. The van der Waals surface area contributed by atoms with Gasteiger partial charge in [0, 0.05) is 12.7 Å². The first-order chi connectivity index (χ1) is 3.43. The number of aromatic nitrogens is 2. The van der Waals surface area contributed by atoms with E-state index in [1.165, 1.54) is 0 Å². The third kappa shape index (κ3) is 0.796. The SMILES string of the molecule is CCn1[c]n[c]c1. The molecule has 36 valence electrons. The van der Waals surface area contributed by atoms with Crippen molar-refractivity contribution >= 4 is 0 Å². The number of aryl methyl sites for hydroxylation is 1. The Balaban J connectivity index is 2.76. The second kappa shape index (κ2) is 1.78. The summed E-state index contributed by atoms with van der Waals surface area (Å²) in [6.45, 7) is 2.96. The van der Waals surface area contributed by atoms with Gasteiger partial charge >= 0.3 is 0 Å². The summed E-state index contributed by atoms with van der Waals surface area (Å²) < 4.78 is 1.83. The second-order valence-corrected chi connectivity index (χ2v) is 1.26. The van der Waals surface area contributed by atoms with Gasteiger partial charge in [0.1, 0.15) is 6.20 Å². The molecule has 0 bridgehead atoms. The highest BCUT2D eigenvalue weighted by Gasteiger charge is 1.79. The summed E-state index contributed by atoms with van der Waals surface area (Å²) >= 11 is 0. The number of nitrogens with zero attached hydrogens (tertiary/aromatic N) is 2. The maximum Gasteiger partial charge on any atom is 0.177 e. The van der Waals surface area contributed by atoms with Gasteiger partial charge in [0.05, 0.1) is 0 Å². The van der Waals surface area contributed by atoms with Crippen LogP contribution >= 0.6 is 0 Å². The fraction of sp³-hybridized carbons (Fsp3) is 0.400. The molecule has 0 N–H and O–H groups in total. The molecule has 1 aromatic rings. The van der Waals surface area contributed by atoms with Crippen molar-refractivity contribution in [2.45, 2.75) is 13.5 Å². The second-order valence-electron chi connectivity index (χ2n) is 1.26. The average molecular weight is 94.1 g/mol. The van der Waals surface area contributed by atoms with Crippen LogP contribution in [-0.2, 0) is 6.54 Å². The standard InChI is InChI=1S/C5H6N2/c1-2-7-4-3-6-5-7/h4H,2H2,1H3. The molecule has 1 aromatic heterocycles. The zero-order chi connectivity index (χ0) is 5.11. The molecule has 0 aliphatic carbocycles. The number of imidazole rings is 1. The van der Waals surface area contributed by atoms with E-state index in [1.54, 1.807) is 6.20 Å². The van der Waals surface area contributed by atoms with Gasteiger partial charge in [-0.15, -0.1) is 0 Å². The summed E-state index contributed by atoms with van der Waals surface area (Å²) in [5.41, 5.74) is 0. The van der Waals surface area contributed by atoms with Gasteiger partial charge in [-0.05, 0) is 6.92 Å². The maximum absolute atomic E-state index is 3.61. The van der Waals surface area contributed by atoms with E-state index >= 15 is 0 Å². The fourth-order valence-electron chi connectivity index (χ4n) is 0.383. The first-order valence-electron chi connectivity index (χ1n) is 2.24.